The summed E-state index contributed by atoms with van der Waals surface area (Å²) in [7, 11) is 0. The van der Waals surface area contributed by atoms with Crippen molar-refractivity contribution in [2.24, 2.45) is 0 Å². The molecule has 1 saturated heterocycles. The quantitative estimate of drug-likeness (QED) is 0.689. The molecule has 104 valence electrons. The predicted octanol–water partition coefficient (Wildman–Crippen LogP) is 0.539. The van der Waals surface area contributed by atoms with Crippen LogP contribution in [0.5, 0.6) is 0 Å². The van der Waals surface area contributed by atoms with Gasteiger partial charge in [-0.2, -0.15) is 0 Å². The first-order valence-corrected chi connectivity index (χ1v) is 7.16. The van der Waals surface area contributed by atoms with Crippen LogP contribution in [0.15, 0.2) is 29.2 Å². The normalized spacial score (nSPS) is 16.3. The van der Waals surface area contributed by atoms with E-state index in [2.05, 4.69) is 28.2 Å². The molecule has 2 N–H and O–H groups in total. The number of benzene rings is 1. The van der Waals surface area contributed by atoms with Crippen LogP contribution in [0.2, 0.25) is 0 Å². The SMILES string of the molecule is O=C(Cc1ccc(S)cc1)NCCN1CCNCC1. The lowest BCUT2D eigenvalue weighted by atomic mass is 10.1. The first-order chi connectivity index (χ1) is 9.24. The number of nitrogens with one attached hydrogen (secondary N) is 2. The van der Waals surface area contributed by atoms with Gasteiger partial charge < -0.3 is 10.6 Å². The zero-order chi connectivity index (χ0) is 13.5. The summed E-state index contributed by atoms with van der Waals surface area (Å²) in [6.45, 7) is 5.89. The van der Waals surface area contributed by atoms with Crippen molar-refractivity contribution in [2.45, 2.75) is 11.3 Å². The maximum atomic E-state index is 11.8. The molecule has 1 amide bonds. The van der Waals surface area contributed by atoms with Crippen LogP contribution in [-0.4, -0.2) is 50.1 Å². The van der Waals surface area contributed by atoms with Crippen molar-refractivity contribution >= 4 is 18.5 Å². The van der Waals surface area contributed by atoms with Crippen LogP contribution in [0.25, 0.3) is 0 Å². The van der Waals surface area contributed by atoms with Crippen molar-refractivity contribution in [3.8, 4) is 0 Å². The Hall–Kier alpha value is -1.04. The van der Waals surface area contributed by atoms with Crippen molar-refractivity contribution < 1.29 is 4.79 Å². The van der Waals surface area contributed by atoms with Crippen LogP contribution < -0.4 is 10.6 Å². The summed E-state index contributed by atoms with van der Waals surface area (Å²) < 4.78 is 0. The summed E-state index contributed by atoms with van der Waals surface area (Å²) in [5, 5.41) is 6.29. The standard InChI is InChI=1S/C14H21N3OS/c18-14(11-12-1-3-13(19)4-2-12)16-7-10-17-8-5-15-6-9-17/h1-4,15,19H,5-11H2,(H,16,18). The van der Waals surface area contributed by atoms with Gasteiger partial charge in [-0.25, -0.2) is 0 Å². The summed E-state index contributed by atoms with van der Waals surface area (Å²) in [6.07, 6.45) is 0.440. The molecule has 1 fully saturated rings. The number of nitrogens with zero attached hydrogens (tertiary/aromatic N) is 1. The van der Waals surface area contributed by atoms with Gasteiger partial charge in [-0.1, -0.05) is 12.1 Å². The first kappa shape index (κ1) is 14.4. The highest BCUT2D eigenvalue weighted by Crippen LogP contribution is 2.08. The second-order valence-electron chi connectivity index (χ2n) is 4.78. The summed E-state index contributed by atoms with van der Waals surface area (Å²) in [5.74, 6) is 0.0852. The van der Waals surface area contributed by atoms with Crippen LogP contribution >= 0.6 is 12.6 Å². The van der Waals surface area contributed by atoms with E-state index in [9.17, 15) is 4.79 Å². The molecule has 1 aliphatic rings. The van der Waals surface area contributed by atoms with Gasteiger partial charge in [-0.3, -0.25) is 9.69 Å². The molecule has 1 aliphatic heterocycles. The van der Waals surface area contributed by atoms with Crippen LogP contribution in [0.3, 0.4) is 0 Å². The highest BCUT2D eigenvalue weighted by atomic mass is 32.1. The number of carbonyl (C=O) groups is 1. The second-order valence-corrected chi connectivity index (χ2v) is 5.30. The fraction of sp³-hybridized carbons (Fsp3) is 0.500. The third kappa shape index (κ3) is 5.22. The fourth-order valence-corrected chi connectivity index (χ4v) is 2.30. The Labute approximate surface area is 120 Å². The lowest BCUT2D eigenvalue weighted by molar-refractivity contribution is -0.120. The van der Waals surface area contributed by atoms with Crippen LogP contribution in [0.1, 0.15) is 5.56 Å². The van der Waals surface area contributed by atoms with Gasteiger partial charge in [0.05, 0.1) is 6.42 Å². The number of hydrogen-bond donors (Lipinski definition) is 3. The Bertz CT molecular complexity index is 402. The lowest BCUT2D eigenvalue weighted by Crippen LogP contribution is -2.46. The molecular formula is C14H21N3OS. The maximum Gasteiger partial charge on any atom is 0.224 e. The average molecular weight is 279 g/mol. The summed E-state index contributed by atoms with van der Waals surface area (Å²) in [5.41, 5.74) is 1.03. The molecule has 4 nitrogen and oxygen atoms in total. The molecule has 0 aromatic heterocycles. The molecule has 0 atom stereocenters. The molecule has 1 aromatic carbocycles. The number of piperazine rings is 1. The second kappa shape index (κ2) is 7.53. The van der Waals surface area contributed by atoms with E-state index >= 15 is 0 Å². The molecule has 2 rings (SSSR count). The van der Waals surface area contributed by atoms with E-state index < -0.39 is 0 Å². The van der Waals surface area contributed by atoms with Gasteiger partial charge in [0.1, 0.15) is 0 Å². The van der Waals surface area contributed by atoms with Crippen LogP contribution in [0, 0.1) is 0 Å². The van der Waals surface area contributed by atoms with Gasteiger partial charge in [0.2, 0.25) is 5.91 Å². The topological polar surface area (TPSA) is 44.4 Å². The van der Waals surface area contributed by atoms with E-state index in [1.54, 1.807) is 0 Å². The Balaban J connectivity index is 1.65. The molecule has 0 aliphatic carbocycles. The minimum Gasteiger partial charge on any atom is -0.355 e. The van der Waals surface area contributed by atoms with E-state index in [4.69, 9.17) is 0 Å². The number of carbonyl (C=O) groups excluding carboxylic acids is 1. The smallest absolute Gasteiger partial charge is 0.224 e. The molecule has 0 radical (unpaired) electrons. The third-order valence-electron chi connectivity index (χ3n) is 3.26. The highest BCUT2D eigenvalue weighted by molar-refractivity contribution is 7.80. The zero-order valence-electron chi connectivity index (χ0n) is 11.1. The maximum absolute atomic E-state index is 11.8. The molecule has 0 saturated carbocycles. The van der Waals surface area contributed by atoms with Gasteiger partial charge in [0.15, 0.2) is 0 Å². The average Bonchev–Trinajstić information content (AvgIpc) is 2.43. The Morgan fingerprint density at radius 1 is 1.26 bits per heavy atom. The number of thiol groups is 1. The molecule has 19 heavy (non-hydrogen) atoms. The van der Waals surface area contributed by atoms with E-state index in [-0.39, 0.29) is 5.91 Å². The number of rotatable bonds is 5. The van der Waals surface area contributed by atoms with E-state index in [0.717, 1.165) is 49.7 Å². The lowest BCUT2D eigenvalue weighted by Gasteiger charge is -2.27. The van der Waals surface area contributed by atoms with E-state index in [0.29, 0.717) is 6.42 Å². The molecule has 1 aromatic rings. The Kier molecular flexibility index (Phi) is 5.69. The summed E-state index contributed by atoms with van der Waals surface area (Å²) in [6, 6.07) is 7.70. The molecule has 5 heteroatoms. The molecule has 1 heterocycles. The van der Waals surface area contributed by atoms with Crippen LogP contribution in [0.4, 0.5) is 0 Å². The molecule has 0 spiro atoms. The number of amides is 1. The Morgan fingerprint density at radius 3 is 2.63 bits per heavy atom. The largest absolute Gasteiger partial charge is 0.355 e. The van der Waals surface area contributed by atoms with Gasteiger partial charge in [0.25, 0.3) is 0 Å². The predicted molar refractivity (Wildman–Crippen MR) is 79.7 cm³/mol. The zero-order valence-corrected chi connectivity index (χ0v) is 12.0. The van der Waals surface area contributed by atoms with E-state index in [1.807, 2.05) is 24.3 Å². The van der Waals surface area contributed by atoms with Crippen molar-refractivity contribution in [3.63, 3.8) is 0 Å². The minimum absolute atomic E-state index is 0.0852. The van der Waals surface area contributed by atoms with Crippen LogP contribution in [-0.2, 0) is 11.2 Å². The van der Waals surface area contributed by atoms with Gasteiger partial charge in [-0.15, -0.1) is 12.6 Å². The van der Waals surface area contributed by atoms with Gasteiger partial charge in [0, 0.05) is 44.2 Å². The van der Waals surface area contributed by atoms with Crippen molar-refractivity contribution in [2.75, 3.05) is 39.3 Å². The van der Waals surface area contributed by atoms with Crippen molar-refractivity contribution in [1.29, 1.82) is 0 Å². The molecular weight excluding hydrogens is 258 g/mol. The van der Waals surface area contributed by atoms with Gasteiger partial charge >= 0.3 is 0 Å². The molecule has 0 unspecified atom stereocenters. The minimum atomic E-state index is 0.0852. The third-order valence-corrected chi connectivity index (χ3v) is 3.56. The number of hydrogen-bond acceptors (Lipinski definition) is 4. The summed E-state index contributed by atoms with van der Waals surface area (Å²) >= 11 is 4.23. The van der Waals surface area contributed by atoms with E-state index in [1.165, 1.54) is 0 Å². The first-order valence-electron chi connectivity index (χ1n) is 6.72. The van der Waals surface area contributed by atoms with Crippen molar-refractivity contribution in [1.82, 2.24) is 15.5 Å². The highest BCUT2D eigenvalue weighted by Gasteiger charge is 2.09. The fourth-order valence-electron chi connectivity index (χ4n) is 2.15. The van der Waals surface area contributed by atoms with Gasteiger partial charge in [-0.05, 0) is 17.7 Å². The monoisotopic (exact) mass is 279 g/mol. The molecule has 0 bridgehead atoms. The van der Waals surface area contributed by atoms with Crippen molar-refractivity contribution in [3.05, 3.63) is 29.8 Å². The summed E-state index contributed by atoms with van der Waals surface area (Å²) in [4.78, 5) is 15.1. The Morgan fingerprint density at radius 2 is 1.95 bits per heavy atom.